The van der Waals surface area contributed by atoms with Crippen molar-refractivity contribution < 1.29 is 37.8 Å². The van der Waals surface area contributed by atoms with Gasteiger partial charge in [-0.15, -0.1) is 0 Å². The van der Waals surface area contributed by atoms with Gasteiger partial charge >= 0.3 is 12.1 Å². The van der Waals surface area contributed by atoms with Crippen LogP contribution in [-0.2, 0) is 14.3 Å². The number of para-hydroxylation sites is 1. The zero-order chi connectivity index (χ0) is 35.0. The van der Waals surface area contributed by atoms with E-state index in [0.717, 1.165) is 32.1 Å². The summed E-state index contributed by atoms with van der Waals surface area (Å²) in [4.78, 5) is 55.0. The Bertz CT molecular complexity index is 1520. The van der Waals surface area contributed by atoms with Gasteiger partial charge in [0, 0.05) is 22.4 Å². The number of halogens is 1. The van der Waals surface area contributed by atoms with E-state index in [4.69, 9.17) is 14.9 Å². The third kappa shape index (κ3) is 6.66. The number of nitrogens with zero attached hydrogens (tertiary/aromatic N) is 1. The average molecular weight is 670 g/mol. The number of likely N-dealkylation sites (tertiary alicyclic amines) is 1. The Kier molecular flexibility index (Phi) is 10.5. The highest BCUT2D eigenvalue weighted by Crippen LogP contribution is 2.56. The first-order valence-corrected chi connectivity index (χ1v) is 17.7. The SMILES string of the molecule is CC[C@@]1(C(N)=O)[C@H](C2CCCCC2)CC(c2cccc3c(C)c(C(=O)O)oc23)N1C(=O)C1CCC([C@@H](CF)NC(=O)OC(C)(C)C)CC1. The fourth-order valence-corrected chi connectivity index (χ4v) is 9.08. The van der Waals surface area contributed by atoms with Crippen LogP contribution in [-0.4, -0.2) is 57.7 Å². The number of benzene rings is 1. The highest BCUT2D eigenvalue weighted by atomic mass is 19.1. The molecular formula is C37H52FN3O7. The quantitative estimate of drug-likeness (QED) is 0.255. The predicted molar refractivity (Wildman–Crippen MR) is 179 cm³/mol. The molecule has 3 fully saturated rings. The van der Waals surface area contributed by atoms with Gasteiger partial charge in [-0.05, 0) is 84.0 Å². The van der Waals surface area contributed by atoms with Gasteiger partial charge in [-0.1, -0.05) is 57.2 Å². The number of alkyl halides is 1. The van der Waals surface area contributed by atoms with Gasteiger partial charge in [0.25, 0.3) is 0 Å². The highest BCUT2D eigenvalue weighted by molar-refractivity contribution is 5.97. The Morgan fingerprint density at radius 3 is 2.33 bits per heavy atom. The van der Waals surface area contributed by atoms with Gasteiger partial charge in [-0.3, -0.25) is 9.59 Å². The van der Waals surface area contributed by atoms with E-state index >= 15 is 0 Å². The minimum Gasteiger partial charge on any atom is -0.475 e. The van der Waals surface area contributed by atoms with Crippen LogP contribution < -0.4 is 11.1 Å². The largest absolute Gasteiger partial charge is 0.475 e. The summed E-state index contributed by atoms with van der Waals surface area (Å²) in [6, 6.07) is 4.27. The average Bonchev–Trinajstić information content (AvgIpc) is 3.59. The van der Waals surface area contributed by atoms with Crippen molar-refractivity contribution in [2.24, 2.45) is 29.4 Å². The number of rotatable bonds is 9. The fraction of sp³-hybridized carbons (Fsp3) is 0.676. The zero-order valence-corrected chi connectivity index (χ0v) is 29.0. The van der Waals surface area contributed by atoms with E-state index in [1.165, 1.54) is 0 Å². The molecule has 0 spiro atoms. The van der Waals surface area contributed by atoms with Crippen molar-refractivity contribution in [1.82, 2.24) is 10.2 Å². The first kappa shape index (κ1) is 35.7. The second-order valence-electron chi connectivity index (χ2n) is 15.2. The Hall–Kier alpha value is -3.63. The standard InChI is InChI=1S/C37H52FN3O7/c1-6-37(34(39)45)27(22-11-8-7-9-12-22)19-29(26-14-10-13-25-21(2)30(33(43)44)47-31(25)26)41(37)32(42)24-17-15-23(16-18-24)28(20-38)40-35(46)48-36(3,4)5/h10,13-14,22-24,27-29H,6-9,11-12,15-20H2,1-5H3,(H2,39,45)(H,40,46)(H,43,44)/t23?,24?,27-,28+,29?,37-/m0/s1. The van der Waals surface area contributed by atoms with Gasteiger partial charge < -0.3 is 30.2 Å². The van der Waals surface area contributed by atoms with E-state index in [2.05, 4.69) is 5.32 Å². The molecule has 1 aromatic carbocycles. The number of hydrogen-bond donors (Lipinski definition) is 3. The number of carbonyl (C=O) groups excluding carboxylic acids is 3. The summed E-state index contributed by atoms with van der Waals surface area (Å²) < 4.78 is 25.5. The lowest BCUT2D eigenvalue weighted by Crippen LogP contribution is -2.61. The zero-order valence-electron chi connectivity index (χ0n) is 29.0. The van der Waals surface area contributed by atoms with Crippen molar-refractivity contribution in [3.05, 3.63) is 35.1 Å². The Balaban J connectivity index is 1.50. The molecule has 4 N–H and O–H groups in total. The number of ether oxygens (including phenoxy) is 1. The Morgan fingerprint density at radius 2 is 1.77 bits per heavy atom. The van der Waals surface area contributed by atoms with Crippen LogP contribution in [0.15, 0.2) is 22.6 Å². The second kappa shape index (κ2) is 14.1. The minimum absolute atomic E-state index is 0.144. The minimum atomic E-state index is -1.22. The highest BCUT2D eigenvalue weighted by Gasteiger charge is 2.61. The molecule has 1 saturated heterocycles. The van der Waals surface area contributed by atoms with Crippen molar-refractivity contribution in [3.8, 4) is 0 Å². The number of aryl methyl sites for hydroxylation is 1. The molecule has 3 amide bonds. The Morgan fingerprint density at radius 1 is 1.10 bits per heavy atom. The Labute approximate surface area is 282 Å². The molecule has 3 aliphatic rings. The molecule has 11 heteroatoms. The van der Waals surface area contributed by atoms with Gasteiger partial charge in [0.15, 0.2) is 0 Å². The predicted octanol–water partition coefficient (Wildman–Crippen LogP) is 7.21. The summed E-state index contributed by atoms with van der Waals surface area (Å²) in [5, 5.41) is 13.2. The third-order valence-corrected chi connectivity index (χ3v) is 11.4. The van der Waals surface area contributed by atoms with Crippen LogP contribution in [0.5, 0.6) is 0 Å². The summed E-state index contributed by atoms with van der Waals surface area (Å²) in [5.41, 5.74) is 6.03. The van der Waals surface area contributed by atoms with Crippen molar-refractivity contribution in [1.29, 1.82) is 0 Å². The number of primary amides is 1. The molecule has 2 aliphatic carbocycles. The lowest BCUT2D eigenvalue weighted by Gasteiger charge is -2.45. The van der Waals surface area contributed by atoms with E-state index in [9.17, 15) is 28.7 Å². The summed E-state index contributed by atoms with van der Waals surface area (Å²) >= 11 is 0. The van der Waals surface area contributed by atoms with Crippen LogP contribution >= 0.6 is 0 Å². The van der Waals surface area contributed by atoms with E-state index < -0.39 is 53.8 Å². The van der Waals surface area contributed by atoms with Crippen molar-refractivity contribution in [2.75, 3.05) is 6.67 Å². The molecule has 2 heterocycles. The molecule has 1 unspecified atom stereocenters. The van der Waals surface area contributed by atoms with Gasteiger partial charge in [0.1, 0.15) is 23.4 Å². The monoisotopic (exact) mass is 669 g/mol. The van der Waals surface area contributed by atoms with Gasteiger partial charge in [0.05, 0.1) is 12.1 Å². The first-order chi connectivity index (χ1) is 22.7. The van der Waals surface area contributed by atoms with Gasteiger partial charge in [-0.25, -0.2) is 14.0 Å². The van der Waals surface area contributed by atoms with Crippen LogP contribution in [0.3, 0.4) is 0 Å². The number of carbonyl (C=O) groups is 4. The smallest absolute Gasteiger partial charge is 0.407 e. The maximum atomic E-state index is 14.9. The number of alkyl carbamates (subject to hydrolysis) is 1. The number of carboxylic acid groups (broad SMARTS) is 1. The third-order valence-electron chi connectivity index (χ3n) is 11.4. The summed E-state index contributed by atoms with van der Waals surface area (Å²) in [6.07, 6.45) is 7.38. The number of hydrogen-bond acceptors (Lipinski definition) is 6. The molecule has 264 valence electrons. The van der Waals surface area contributed by atoms with Crippen LogP contribution in [0.1, 0.15) is 126 Å². The topological polar surface area (TPSA) is 152 Å². The fourth-order valence-electron chi connectivity index (χ4n) is 9.08. The maximum Gasteiger partial charge on any atom is 0.407 e. The van der Waals surface area contributed by atoms with Crippen molar-refractivity contribution in [3.63, 3.8) is 0 Å². The number of fused-ring (bicyclic) bond motifs is 1. The molecule has 5 rings (SSSR count). The van der Waals surface area contributed by atoms with Gasteiger partial charge in [-0.2, -0.15) is 0 Å². The maximum absolute atomic E-state index is 14.9. The molecule has 1 aromatic heterocycles. The molecular weight excluding hydrogens is 617 g/mol. The summed E-state index contributed by atoms with van der Waals surface area (Å²) in [7, 11) is 0. The van der Waals surface area contributed by atoms with Crippen LogP contribution in [0.25, 0.3) is 11.0 Å². The van der Waals surface area contributed by atoms with Crippen LogP contribution in [0, 0.1) is 30.6 Å². The van der Waals surface area contributed by atoms with Crippen molar-refractivity contribution in [2.45, 2.75) is 128 Å². The molecule has 10 nitrogen and oxygen atoms in total. The van der Waals surface area contributed by atoms with E-state index in [1.54, 1.807) is 32.6 Å². The summed E-state index contributed by atoms with van der Waals surface area (Å²) in [5.74, 6) is -2.52. The lowest BCUT2D eigenvalue weighted by molar-refractivity contribution is -0.153. The molecule has 2 aromatic rings. The number of nitrogens with one attached hydrogen (secondary N) is 1. The van der Waals surface area contributed by atoms with Crippen LogP contribution in [0.4, 0.5) is 9.18 Å². The number of aromatic carboxylic acids is 1. The van der Waals surface area contributed by atoms with Crippen LogP contribution in [0.2, 0.25) is 0 Å². The molecule has 48 heavy (non-hydrogen) atoms. The van der Waals surface area contributed by atoms with Crippen molar-refractivity contribution >= 4 is 34.8 Å². The first-order valence-electron chi connectivity index (χ1n) is 17.7. The van der Waals surface area contributed by atoms with Gasteiger partial charge in [0.2, 0.25) is 17.6 Å². The number of nitrogens with two attached hydrogens (primary N) is 1. The number of amides is 3. The lowest BCUT2D eigenvalue weighted by atomic mass is 9.68. The second-order valence-corrected chi connectivity index (χ2v) is 15.2. The normalized spacial score (nSPS) is 27.5. The number of furan rings is 1. The summed E-state index contributed by atoms with van der Waals surface area (Å²) in [6.45, 7) is 8.14. The molecule has 0 bridgehead atoms. The molecule has 2 saturated carbocycles. The van der Waals surface area contributed by atoms with E-state index in [1.807, 2.05) is 25.1 Å². The number of carboxylic acids is 1. The molecule has 1 aliphatic heterocycles. The molecule has 4 atom stereocenters. The molecule has 0 radical (unpaired) electrons. The van der Waals surface area contributed by atoms with E-state index in [-0.39, 0.29) is 29.4 Å². The van der Waals surface area contributed by atoms with E-state index in [0.29, 0.717) is 60.6 Å².